The molecule has 3 atom stereocenters. The second kappa shape index (κ2) is 7.86. The number of fused-ring (bicyclic) bond motifs is 2. The predicted octanol–water partition coefficient (Wildman–Crippen LogP) is 3.63. The monoisotopic (exact) mass is 444 g/mol. The molecule has 3 heterocycles. The van der Waals surface area contributed by atoms with Crippen molar-refractivity contribution in [2.75, 3.05) is 4.90 Å². The van der Waals surface area contributed by atoms with Crippen LogP contribution in [0.1, 0.15) is 72.9 Å². The van der Waals surface area contributed by atoms with Crippen LogP contribution in [0.15, 0.2) is 42.6 Å². The Hall–Kier alpha value is -2.89. The summed E-state index contributed by atoms with van der Waals surface area (Å²) < 4.78 is 0. The van der Waals surface area contributed by atoms with Gasteiger partial charge in [-0.05, 0) is 76.0 Å². The molecule has 6 heteroatoms. The fourth-order valence-electron chi connectivity index (χ4n) is 5.81. The van der Waals surface area contributed by atoms with Crippen LogP contribution in [0.2, 0.25) is 0 Å². The van der Waals surface area contributed by atoms with E-state index in [-0.39, 0.29) is 23.3 Å². The Labute approximate surface area is 195 Å². The van der Waals surface area contributed by atoms with Gasteiger partial charge in [0, 0.05) is 30.4 Å². The van der Waals surface area contributed by atoms with Gasteiger partial charge in [-0.15, -0.1) is 0 Å². The first kappa shape index (κ1) is 20.7. The number of rotatable bonds is 6. The number of anilines is 1. The number of aryl methyl sites for hydroxylation is 1. The Kier molecular flexibility index (Phi) is 4.93. The van der Waals surface area contributed by atoms with Crippen molar-refractivity contribution in [1.82, 2.24) is 15.6 Å². The summed E-state index contributed by atoms with van der Waals surface area (Å²) in [6.45, 7) is 2.08. The van der Waals surface area contributed by atoms with Crippen molar-refractivity contribution < 1.29 is 9.59 Å². The van der Waals surface area contributed by atoms with E-state index < -0.39 is 0 Å². The first-order chi connectivity index (χ1) is 16.0. The predicted molar refractivity (Wildman–Crippen MR) is 127 cm³/mol. The lowest BCUT2D eigenvalue weighted by Gasteiger charge is -2.40. The van der Waals surface area contributed by atoms with Crippen LogP contribution in [0, 0.1) is 6.92 Å². The smallest absolute Gasteiger partial charge is 0.253 e. The maximum Gasteiger partial charge on any atom is 0.253 e. The van der Waals surface area contributed by atoms with Crippen LogP contribution in [-0.2, 0) is 10.2 Å². The number of hydrogen-bond acceptors (Lipinski definition) is 4. The van der Waals surface area contributed by atoms with Crippen molar-refractivity contribution in [3.05, 3.63) is 59.3 Å². The Balaban J connectivity index is 1.10. The summed E-state index contributed by atoms with van der Waals surface area (Å²) in [5, 5.41) is 6.44. The molecule has 2 saturated carbocycles. The van der Waals surface area contributed by atoms with E-state index in [0.29, 0.717) is 23.7 Å². The lowest BCUT2D eigenvalue weighted by molar-refractivity contribution is -0.124. The van der Waals surface area contributed by atoms with Gasteiger partial charge in [-0.25, -0.2) is 4.98 Å². The van der Waals surface area contributed by atoms with Crippen LogP contribution >= 0.6 is 0 Å². The molecule has 2 bridgehead atoms. The maximum absolute atomic E-state index is 13.3. The summed E-state index contributed by atoms with van der Waals surface area (Å²) in [6.07, 6.45) is 9.93. The van der Waals surface area contributed by atoms with Crippen molar-refractivity contribution in [1.29, 1.82) is 0 Å². The molecule has 33 heavy (non-hydrogen) atoms. The molecular weight excluding hydrogens is 412 g/mol. The molecule has 1 aromatic carbocycles. The molecule has 1 aromatic heterocycles. The molecule has 2 N–H and O–H groups in total. The third-order valence-corrected chi connectivity index (χ3v) is 8.04. The molecule has 0 unspecified atom stereocenters. The second-order valence-electron chi connectivity index (χ2n) is 10.5. The van der Waals surface area contributed by atoms with Gasteiger partial charge >= 0.3 is 0 Å². The number of aromatic nitrogens is 1. The molecule has 2 amide bonds. The van der Waals surface area contributed by atoms with Gasteiger partial charge in [0.1, 0.15) is 5.82 Å². The van der Waals surface area contributed by atoms with E-state index in [0.717, 1.165) is 62.7 Å². The average Bonchev–Trinajstić information content (AvgIpc) is 3.73. The first-order valence-corrected chi connectivity index (χ1v) is 12.5. The van der Waals surface area contributed by atoms with Crippen molar-refractivity contribution in [3.8, 4) is 0 Å². The van der Waals surface area contributed by atoms with Crippen molar-refractivity contribution in [3.63, 3.8) is 0 Å². The number of amides is 2. The fraction of sp³-hybridized carbons (Fsp3) is 0.519. The molecule has 2 saturated heterocycles. The summed E-state index contributed by atoms with van der Waals surface area (Å²) in [5.41, 5.74) is 2.69. The van der Waals surface area contributed by atoms with Gasteiger partial charge in [-0.1, -0.05) is 29.8 Å². The van der Waals surface area contributed by atoms with Crippen LogP contribution in [-0.4, -0.2) is 41.0 Å². The summed E-state index contributed by atoms with van der Waals surface area (Å²) >= 11 is 0. The quantitative estimate of drug-likeness (QED) is 0.714. The van der Waals surface area contributed by atoms with Gasteiger partial charge in [-0.2, -0.15) is 0 Å². The number of carbonyl (C=O) groups is 2. The number of nitrogens with one attached hydrogen (secondary N) is 2. The van der Waals surface area contributed by atoms with Gasteiger partial charge in [0.05, 0.1) is 11.0 Å². The largest absolute Gasteiger partial charge is 0.352 e. The lowest BCUT2D eigenvalue weighted by Crippen LogP contribution is -2.52. The van der Waals surface area contributed by atoms with Gasteiger partial charge in [0.2, 0.25) is 5.91 Å². The summed E-state index contributed by atoms with van der Waals surface area (Å²) in [4.78, 5) is 32.6. The van der Waals surface area contributed by atoms with E-state index in [1.807, 2.05) is 12.1 Å². The summed E-state index contributed by atoms with van der Waals surface area (Å²) in [7, 11) is 0. The van der Waals surface area contributed by atoms with E-state index in [9.17, 15) is 9.59 Å². The van der Waals surface area contributed by atoms with Gasteiger partial charge in [0.25, 0.3) is 5.91 Å². The van der Waals surface area contributed by atoms with Gasteiger partial charge in [0.15, 0.2) is 0 Å². The number of hydrogen-bond donors (Lipinski definition) is 2. The summed E-state index contributed by atoms with van der Waals surface area (Å²) in [5.74, 6) is 1.13. The number of pyridine rings is 1. The number of carbonyl (C=O) groups excluding carboxylic acids is 2. The SMILES string of the molecule is Cc1ccc(C2(C(=O)N[C@H]3C[C@H]4CC[C@@H](C3)N4c3ccc(C(=O)NC4CC4)cn3)CC2)cc1. The Bertz CT molecular complexity index is 1040. The van der Waals surface area contributed by atoms with Crippen LogP contribution < -0.4 is 15.5 Å². The number of nitrogens with zero attached hydrogens (tertiary/aromatic N) is 2. The molecule has 0 spiro atoms. The highest BCUT2D eigenvalue weighted by atomic mass is 16.2. The fourth-order valence-corrected chi connectivity index (χ4v) is 5.81. The van der Waals surface area contributed by atoms with Crippen molar-refractivity contribution >= 4 is 17.6 Å². The average molecular weight is 445 g/mol. The third-order valence-electron chi connectivity index (χ3n) is 8.04. The van der Waals surface area contributed by atoms with E-state index in [2.05, 4.69) is 51.7 Å². The molecule has 4 fully saturated rings. The molecular formula is C27H32N4O2. The molecule has 2 aliphatic heterocycles. The minimum absolute atomic E-state index is 0.0245. The minimum Gasteiger partial charge on any atom is -0.352 e. The molecule has 4 aliphatic rings. The van der Waals surface area contributed by atoms with E-state index >= 15 is 0 Å². The Morgan fingerprint density at radius 1 is 0.909 bits per heavy atom. The van der Waals surface area contributed by atoms with Crippen LogP contribution in [0.5, 0.6) is 0 Å². The highest BCUT2D eigenvalue weighted by Crippen LogP contribution is 2.49. The third kappa shape index (κ3) is 3.90. The minimum atomic E-state index is -0.317. The summed E-state index contributed by atoms with van der Waals surface area (Å²) in [6, 6.07) is 13.7. The Morgan fingerprint density at radius 2 is 1.61 bits per heavy atom. The van der Waals surface area contributed by atoms with Crippen molar-refractivity contribution in [2.24, 2.45) is 0 Å². The molecule has 6 rings (SSSR count). The highest BCUT2D eigenvalue weighted by Gasteiger charge is 2.52. The molecule has 0 radical (unpaired) electrons. The van der Waals surface area contributed by atoms with Crippen molar-refractivity contribution in [2.45, 2.75) is 87.9 Å². The molecule has 2 aliphatic carbocycles. The van der Waals surface area contributed by atoms with Crippen LogP contribution in [0.25, 0.3) is 0 Å². The number of piperidine rings is 1. The first-order valence-electron chi connectivity index (χ1n) is 12.5. The highest BCUT2D eigenvalue weighted by molar-refractivity contribution is 5.94. The maximum atomic E-state index is 13.3. The molecule has 2 aromatic rings. The molecule has 6 nitrogen and oxygen atoms in total. The topological polar surface area (TPSA) is 74.3 Å². The zero-order valence-electron chi connectivity index (χ0n) is 19.2. The zero-order valence-corrected chi connectivity index (χ0v) is 19.2. The molecule has 172 valence electrons. The zero-order chi connectivity index (χ0) is 22.6. The van der Waals surface area contributed by atoms with Crippen LogP contribution in [0.3, 0.4) is 0 Å². The van der Waals surface area contributed by atoms with E-state index in [4.69, 9.17) is 0 Å². The van der Waals surface area contributed by atoms with Crippen LogP contribution in [0.4, 0.5) is 5.82 Å². The normalized spacial score (nSPS) is 27.2. The van der Waals surface area contributed by atoms with Gasteiger partial charge in [-0.3, -0.25) is 9.59 Å². The number of benzene rings is 1. The Morgan fingerprint density at radius 3 is 2.18 bits per heavy atom. The van der Waals surface area contributed by atoms with Gasteiger partial charge < -0.3 is 15.5 Å². The lowest BCUT2D eigenvalue weighted by atomic mass is 9.92. The standard InChI is InChI=1S/C27H32N4O2/c1-17-2-5-19(6-3-17)27(12-13-27)26(33)30-21-14-22-9-10-23(15-21)31(22)24-11-4-18(16-28-24)25(32)29-20-7-8-20/h2-6,11,16,20-23H,7-10,12-15H2,1H3,(H,29,32)(H,30,33)/t21-,22+,23-. The second-order valence-corrected chi connectivity index (χ2v) is 10.5. The van der Waals surface area contributed by atoms with E-state index in [1.165, 1.54) is 5.56 Å². The van der Waals surface area contributed by atoms with E-state index in [1.54, 1.807) is 6.20 Å².